The van der Waals surface area contributed by atoms with Crippen LogP contribution in [0.2, 0.25) is 0 Å². The Kier molecular flexibility index (Phi) is 9.08. The van der Waals surface area contributed by atoms with E-state index < -0.39 is 0 Å². The highest BCUT2D eigenvalue weighted by atomic mass is 19.1. The molecule has 7 rings (SSSR count). The lowest BCUT2D eigenvalue weighted by Gasteiger charge is -2.17. The Bertz CT molecular complexity index is 2120. The molecule has 2 saturated carbocycles. The number of aryl methyl sites for hydroxylation is 1. The predicted molar refractivity (Wildman–Crippen MR) is 195 cm³/mol. The van der Waals surface area contributed by atoms with E-state index in [1.165, 1.54) is 44.2 Å². The van der Waals surface area contributed by atoms with Gasteiger partial charge in [0.15, 0.2) is 5.82 Å². The van der Waals surface area contributed by atoms with E-state index in [-0.39, 0.29) is 5.82 Å². The molecule has 0 atom stereocenters. The minimum Gasteiger partial charge on any atom is -0.357 e. The number of H-pyrrole nitrogens is 2. The first-order valence-electron chi connectivity index (χ1n) is 17.1. The Morgan fingerprint density at radius 2 is 1.94 bits per heavy atom. The SMILES string of the molecule is C=c1c(-c2nc3c(-c4cc(F)cc(CCCN(C)C)c4)cccc3[nH]2)n[nH]/c1=C/C=C(\C)c1cncc(NC(=C2CC2)C2CCCC2)c1. The maximum absolute atomic E-state index is 14.7. The lowest BCUT2D eigenvalue weighted by molar-refractivity contribution is 0.400. The maximum atomic E-state index is 14.7. The summed E-state index contributed by atoms with van der Waals surface area (Å²) >= 11 is 0. The molecule has 2 aliphatic rings. The van der Waals surface area contributed by atoms with Crippen LogP contribution in [0.25, 0.3) is 51.9 Å². The fraction of sp³-hybridized carbons (Fsp3) is 0.325. The van der Waals surface area contributed by atoms with Crippen molar-refractivity contribution in [1.82, 2.24) is 30.0 Å². The van der Waals surface area contributed by atoms with Crippen molar-refractivity contribution in [2.24, 2.45) is 5.92 Å². The fourth-order valence-corrected chi connectivity index (χ4v) is 6.85. The van der Waals surface area contributed by atoms with Gasteiger partial charge >= 0.3 is 0 Å². The number of anilines is 1. The van der Waals surface area contributed by atoms with Crippen LogP contribution in [0.15, 0.2) is 72.2 Å². The van der Waals surface area contributed by atoms with Crippen LogP contribution in [0.4, 0.5) is 10.1 Å². The highest BCUT2D eigenvalue weighted by molar-refractivity contribution is 5.93. The summed E-state index contributed by atoms with van der Waals surface area (Å²) in [5.74, 6) is 1.04. The molecule has 246 valence electrons. The number of hydrogen-bond donors (Lipinski definition) is 3. The molecule has 8 heteroatoms. The van der Waals surface area contributed by atoms with Gasteiger partial charge < -0.3 is 15.2 Å². The van der Waals surface area contributed by atoms with Crippen LogP contribution in [-0.2, 0) is 6.42 Å². The van der Waals surface area contributed by atoms with Gasteiger partial charge in [0.05, 0.1) is 28.3 Å². The molecule has 0 bridgehead atoms. The minimum atomic E-state index is -0.237. The van der Waals surface area contributed by atoms with Gasteiger partial charge in [-0.1, -0.05) is 43.7 Å². The third-order valence-corrected chi connectivity index (χ3v) is 9.59. The molecule has 0 spiro atoms. The van der Waals surface area contributed by atoms with Gasteiger partial charge in [-0.05, 0) is 130 Å². The Morgan fingerprint density at radius 1 is 1.10 bits per heavy atom. The lowest BCUT2D eigenvalue weighted by atomic mass is 9.99. The standard InChI is InChI=1S/C40H44FN7/c1-25(31-22-33(24-42-23-31)43-38(29-15-16-29)28-10-5-6-11-28)14-17-35-26(2)37(47-46-35)40-44-36-13-7-12-34(39(36)45-40)30-19-27(20-32(41)21-30)9-8-18-48(3)4/h7,12-14,17,19-24,28,43,46H,2,5-6,8-11,15-16,18H2,1,3-4H3,(H,44,45)/b25-14+,35-17+. The molecule has 3 N–H and O–H groups in total. The van der Waals surface area contributed by atoms with Gasteiger partial charge in [0, 0.05) is 22.7 Å². The molecule has 3 heterocycles. The summed E-state index contributed by atoms with van der Waals surface area (Å²) in [6, 6.07) is 13.4. The Morgan fingerprint density at radius 3 is 2.73 bits per heavy atom. The number of nitrogens with zero attached hydrogens (tertiary/aromatic N) is 4. The third-order valence-electron chi connectivity index (χ3n) is 9.59. The van der Waals surface area contributed by atoms with Crippen LogP contribution in [0, 0.1) is 11.7 Å². The second-order valence-corrected chi connectivity index (χ2v) is 13.6. The zero-order chi connectivity index (χ0) is 33.2. The molecule has 5 aromatic rings. The monoisotopic (exact) mass is 641 g/mol. The largest absolute Gasteiger partial charge is 0.357 e. The van der Waals surface area contributed by atoms with Gasteiger partial charge in [0.2, 0.25) is 0 Å². The Hall–Kier alpha value is -4.82. The molecule has 2 aliphatic carbocycles. The maximum Gasteiger partial charge on any atom is 0.159 e. The molecule has 7 nitrogen and oxygen atoms in total. The number of imidazole rings is 1. The molecule has 0 unspecified atom stereocenters. The van der Waals surface area contributed by atoms with Crippen LogP contribution in [0.1, 0.15) is 63.0 Å². The molecular weight excluding hydrogens is 597 g/mol. The highest BCUT2D eigenvalue weighted by Crippen LogP contribution is 2.41. The molecule has 0 radical (unpaired) electrons. The molecule has 0 amide bonds. The minimum absolute atomic E-state index is 0.237. The molecular formula is C40H44FN7. The number of allylic oxidation sites excluding steroid dienone is 4. The number of halogens is 1. The first kappa shape index (κ1) is 31.8. The summed E-state index contributed by atoms with van der Waals surface area (Å²) in [5, 5.41) is 13.0. The molecule has 0 aliphatic heterocycles. The summed E-state index contributed by atoms with van der Waals surface area (Å²) in [4.78, 5) is 15.1. The molecule has 48 heavy (non-hydrogen) atoms. The average Bonchev–Trinajstić information content (AvgIpc) is 3.41. The molecule has 2 fully saturated rings. The number of fused-ring (bicyclic) bond motifs is 1. The first-order valence-corrected chi connectivity index (χ1v) is 17.1. The summed E-state index contributed by atoms with van der Waals surface area (Å²) in [6.07, 6.45) is 17.3. The van der Waals surface area contributed by atoms with E-state index in [0.29, 0.717) is 17.4 Å². The lowest BCUT2D eigenvalue weighted by Crippen LogP contribution is -2.21. The number of aromatic nitrogens is 5. The number of benzene rings is 2. The number of pyridine rings is 1. The number of para-hydroxylation sites is 1. The second-order valence-electron chi connectivity index (χ2n) is 13.6. The van der Waals surface area contributed by atoms with Gasteiger partial charge in [-0.3, -0.25) is 10.1 Å². The predicted octanol–water partition coefficient (Wildman–Crippen LogP) is 7.59. The second kappa shape index (κ2) is 13.7. The van der Waals surface area contributed by atoms with E-state index in [0.717, 1.165) is 74.5 Å². The fourth-order valence-electron chi connectivity index (χ4n) is 6.85. The van der Waals surface area contributed by atoms with Crippen molar-refractivity contribution in [2.45, 2.75) is 58.3 Å². The Balaban J connectivity index is 1.13. The number of rotatable bonds is 11. The van der Waals surface area contributed by atoms with Gasteiger partial charge in [-0.15, -0.1) is 0 Å². The molecule has 3 aromatic heterocycles. The molecule has 0 saturated heterocycles. The molecule has 2 aromatic carbocycles. The normalized spacial score (nSPS) is 15.6. The quantitative estimate of drug-likeness (QED) is 0.138. The van der Waals surface area contributed by atoms with Gasteiger partial charge in [0.25, 0.3) is 0 Å². The van der Waals surface area contributed by atoms with Crippen molar-refractivity contribution >= 4 is 34.9 Å². The highest BCUT2D eigenvalue weighted by Gasteiger charge is 2.27. The zero-order valence-corrected chi connectivity index (χ0v) is 28.2. The van der Waals surface area contributed by atoms with Crippen molar-refractivity contribution in [1.29, 1.82) is 0 Å². The third kappa shape index (κ3) is 7.04. The van der Waals surface area contributed by atoms with Crippen LogP contribution in [-0.4, -0.2) is 50.7 Å². The van der Waals surface area contributed by atoms with E-state index in [1.807, 2.05) is 36.7 Å². The van der Waals surface area contributed by atoms with Crippen LogP contribution in [0.3, 0.4) is 0 Å². The summed E-state index contributed by atoms with van der Waals surface area (Å²) in [7, 11) is 4.11. The van der Waals surface area contributed by atoms with Gasteiger partial charge in [-0.2, -0.15) is 5.10 Å². The van der Waals surface area contributed by atoms with E-state index in [9.17, 15) is 4.39 Å². The van der Waals surface area contributed by atoms with E-state index in [2.05, 4.69) is 76.2 Å². The first-order chi connectivity index (χ1) is 23.3. The summed E-state index contributed by atoms with van der Waals surface area (Å²) < 4.78 is 14.7. The van der Waals surface area contributed by atoms with E-state index in [1.54, 1.807) is 17.7 Å². The number of hydrogen-bond acceptors (Lipinski definition) is 5. The van der Waals surface area contributed by atoms with Crippen molar-refractivity contribution in [3.05, 3.63) is 99.7 Å². The van der Waals surface area contributed by atoms with Crippen LogP contribution in [0.5, 0.6) is 0 Å². The van der Waals surface area contributed by atoms with Gasteiger partial charge in [-0.25, -0.2) is 9.37 Å². The Labute approximate surface area is 281 Å². The van der Waals surface area contributed by atoms with Crippen LogP contribution < -0.4 is 15.9 Å². The smallest absolute Gasteiger partial charge is 0.159 e. The van der Waals surface area contributed by atoms with E-state index in [4.69, 9.17) is 4.98 Å². The van der Waals surface area contributed by atoms with Crippen molar-refractivity contribution in [3.63, 3.8) is 0 Å². The van der Waals surface area contributed by atoms with Crippen molar-refractivity contribution < 1.29 is 4.39 Å². The van der Waals surface area contributed by atoms with Crippen molar-refractivity contribution in [2.75, 3.05) is 26.0 Å². The topological polar surface area (TPSA) is 85.5 Å². The number of nitrogens with one attached hydrogen (secondary N) is 3. The zero-order valence-electron chi connectivity index (χ0n) is 28.2. The van der Waals surface area contributed by atoms with Crippen LogP contribution >= 0.6 is 0 Å². The van der Waals surface area contributed by atoms with Gasteiger partial charge in [0.1, 0.15) is 11.5 Å². The summed E-state index contributed by atoms with van der Waals surface area (Å²) in [6.45, 7) is 7.38. The van der Waals surface area contributed by atoms with Crippen molar-refractivity contribution in [3.8, 4) is 22.6 Å². The average molecular weight is 642 g/mol. The number of aromatic amines is 2. The summed E-state index contributed by atoms with van der Waals surface area (Å²) in [5.41, 5.74) is 11.2. The van der Waals surface area contributed by atoms with E-state index >= 15 is 0 Å².